The molecule has 0 aliphatic carbocycles. The lowest BCUT2D eigenvalue weighted by atomic mass is 10.1. The zero-order chi connectivity index (χ0) is 26.0. The van der Waals surface area contributed by atoms with Gasteiger partial charge >= 0.3 is 0 Å². The number of anilines is 2. The molecule has 0 bridgehead atoms. The van der Waals surface area contributed by atoms with Crippen LogP contribution in [0.25, 0.3) is 0 Å². The van der Waals surface area contributed by atoms with E-state index >= 15 is 0 Å². The molecule has 2 aliphatic heterocycles. The van der Waals surface area contributed by atoms with Gasteiger partial charge in [-0.15, -0.1) is 34.3 Å². The Labute approximate surface area is 222 Å². The number of likely N-dealkylation sites (tertiary alicyclic amines) is 1. The average molecular weight is 543 g/mol. The minimum atomic E-state index is -0.111. The molecule has 0 spiro atoms. The molecular formula is C24H39ClN6O2S2. The van der Waals surface area contributed by atoms with E-state index in [1.807, 2.05) is 6.20 Å². The highest BCUT2D eigenvalue weighted by Gasteiger charge is 2.26. The van der Waals surface area contributed by atoms with E-state index in [4.69, 9.17) is 11.6 Å². The van der Waals surface area contributed by atoms with Crippen molar-refractivity contribution in [1.29, 1.82) is 0 Å². The molecular weight excluding hydrogens is 504 g/mol. The monoisotopic (exact) mass is 542 g/mol. The summed E-state index contributed by atoms with van der Waals surface area (Å²) in [5, 5.41) is 9.96. The van der Waals surface area contributed by atoms with E-state index in [1.165, 1.54) is 49.4 Å². The topological polar surface area (TPSA) is 99.2 Å². The van der Waals surface area contributed by atoms with Crippen molar-refractivity contribution in [2.45, 2.75) is 78.9 Å². The van der Waals surface area contributed by atoms with Gasteiger partial charge in [-0.2, -0.15) is 0 Å². The van der Waals surface area contributed by atoms with Crippen molar-refractivity contribution < 1.29 is 9.59 Å². The number of alkyl halides is 1. The van der Waals surface area contributed by atoms with Crippen LogP contribution >= 0.6 is 34.3 Å². The van der Waals surface area contributed by atoms with Crippen molar-refractivity contribution in [3.63, 3.8) is 0 Å². The van der Waals surface area contributed by atoms with E-state index in [0.29, 0.717) is 22.2 Å². The molecule has 2 saturated heterocycles. The van der Waals surface area contributed by atoms with Gasteiger partial charge in [0.15, 0.2) is 10.3 Å². The third-order valence-corrected chi connectivity index (χ3v) is 7.90. The summed E-state index contributed by atoms with van der Waals surface area (Å²) in [5.41, 5.74) is 0. The van der Waals surface area contributed by atoms with E-state index in [2.05, 4.69) is 58.5 Å². The zero-order valence-electron chi connectivity index (χ0n) is 21.6. The van der Waals surface area contributed by atoms with Gasteiger partial charge < -0.3 is 16.0 Å². The van der Waals surface area contributed by atoms with Gasteiger partial charge in [0.2, 0.25) is 11.8 Å². The molecule has 2 aromatic heterocycles. The first-order valence-electron chi connectivity index (χ1n) is 12.0. The molecule has 2 fully saturated rings. The fourth-order valence-corrected chi connectivity index (χ4v) is 5.97. The van der Waals surface area contributed by atoms with Crippen LogP contribution in [0.3, 0.4) is 0 Å². The van der Waals surface area contributed by atoms with Crippen molar-refractivity contribution in [2.24, 2.45) is 11.8 Å². The second-order valence-corrected chi connectivity index (χ2v) is 12.0. The normalized spacial score (nSPS) is 23.6. The maximum atomic E-state index is 10.9. The van der Waals surface area contributed by atoms with Crippen molar-refractivity contribution >= 4 is 56.4 Å². The van der Waals surface area contributed by atoms with Crippen LogP contribution in [0, 0.1) is 11.8 Å². The minimum Gasteiger partial charge on any atom is -0.314 e. The molecule has 196 valence electrons. The van der Waals surface area contributed by atoms with Crippen LogP contribution in [0.1, 0.15) is 64.1 Å². The van der Waals surface area contributed by atoms with E-state index in [1.54, 1.807) is 17.5 Å². The summed E-state index contributed by atoms with van der Waals surface area (Å²) >= 11 is 8.49. The maximum Gasteiger partial charge on any atom is 0.223 e. The van der Waals surface area contributed by atoms with Gasteiger partial charge in [-0.1, -0.05) is 13.8 Å². The Kier molecular flexibility index (Phi) is 12.6. The van der Waals surface area contributed by atoms with Gasteiger partial charge in [0.1, 0.15) is 0 Å². The van der Waals surface area contributed by atoms with Gasteiger partial charge in [0.25, 0.3) is 0 Å². The molecule has 0 saturated carbocycles. The molecule has 4 heterocycles. The number of amides is 2. The fourth-order valence-electron chi connectivity index (χ4n) is 4.15. The third-order valence-electron chi connectivity index (χ3n) is 5.65. The quantitative estimate of drug-likeness (QED) is 0.450. The molecule has 4 rings (SSSR count). The lowest BCUT2D eigenvalue weighted by molar-refractivity contribution is -0.115. The molecule has 0 unspecified atom stereocenters. The lowest BCUT2D eigenvalue weighted by Gasteiger charge is -2.19. The Morgan fingerprint density at radius 1 is 1.00 bits per heavy atom. The Morgan fingerprint density at radius 3 is 1.94 bits per heavy atom. The molecule has 2 aliphatic rings. The second-order valence-electron chi connectivity index (χ2n) is 9.53. The highest BCUT2D eigenvalue weighted by molar-refractivity contribution is 7.16. The lowest BCUT2D eigenvalue weighted by Crippen LogP contribution is -2.26. The average Bonchev–Trinajstić information content (AvgIpc) is 3.54. The molecule has 35 heavy (non-hydrogen) atoms. The SMILES string of the molecule is CC(=O)Nc1ncc(CCl)s1.CC(=O)Nc1ncc(CN2C[C@H](C)C[C@@H]2C)s1.C[C@H]1CN[C@@H](C)C1. The van der Waals surface area contributed by atoms with E-state index < -0.39 is 0 Å². The highest BCUT2D eigenvalue weighted by Crippen LogP contribution is 2.27. The number of nitrogens with zero attached hydrogens (tertiary/aromatic N) is 3. The van der Waals surface area contributed by atoms with Crippen LogP contribution in [-0.2, 0) is 22.0 Å². The first-order valence-corrected chi connectivity index (χ1v) is 14.2. The van der Waals surface area contributed by atoms with Gasteiger partial charge in [-0.05, 0) is 45.1 Å². The highest BCUT2D eigenvalue weighted by atomic mass is 35.5. The van der Waals surface area contributed by atoms with E-state index in [9.17, 15) is 9.59 Å². The van der Waals surface area contributed by atoms with Crippen LogP contribution in [-0.4, -0.2) is 51.9 Å². The van der Waals surface area contributed by atoms with Crippen LogP contribution in [0.4, 0.5) is 10.3 Å². The van der Waals surface area contributed by atoms with Crippen molar-refractivity contribution in [1.82, 2.24) is 20.2 Å². The maximum absolute atomic E-state index is 10.9. The summed E-state index contributed by atoms with van der Waals surface area (Å²) in [5.74, 6) is 1.97. The van der Waals surface area contributed by atoms with Crippen molar-refractivity contribution in [3.05, 3.63) is 22.1 Å². The zero-order valence-corrected chi connectivity index (χ0v) is 23.9. The number of nitrogens with one attached hydrogen (secondary N) is 3. The number of hydrogen-bond donors (Lipinski definition) is 3. The number of carbonyl (C=O) groups excluding carboxylic acids is 2. The molecule has 2 amide bonds. The third kappa shape index (κ3) is 11.3. The summed E-state index contributed by atoms with van der Waals surface area (Å²) in [6, 6.07) is 1.42. The minimum absolute atomic E-state index is 0.0611. The standard InChI is InChI=1S/C12H19N3OS.C6H7ClN2OS.C6H13N/c1-8-4-9(2)15(6-8)7-11-5-13-12(17-11)14-10(3)16;1-4(10)9-6-8-3-5(2-7)11-6;1-5-3-6(2)7-4-5/h5,8-9H,4,6-7H2,1-3H3,(H,13,14,16);3H,2H2,1H3,(H,8,9,10);5-7H,3-4H2,1-2H3/t8-,9+;;5-,6+/m1.1/s1. The molecule has 4 atom stereocenters. The molecule has 11 heteroatoms. The number of thiazole rings is 2. The number of halogens is 1. The van der Waals surface area contributed by atoms with Gasteiger partial charge in [0.05, 0.1) is 5.88 Å². The largest absolute Gasteiger partial charge is 0.314 e. The summed E-state index contributed by atoms with van der Waals surface area (Å²) < 4.78 is 0. The summed E-state index contributed by atoms with van der Waals surface area (Å²) in [6.45, 7) is 15.4. The van der Waals surface area contributed by atoms with E-state index in [0.717, 1.165) is 35.8 Å². The van der Waals surface area contributed by atoms with E-state index in [-0.39, 0.29) is 11.8 Å². The fraction of sp³-hybridized carbons (Fsp3) is 0.667. The number of aromatic nitrogens is 2. The second kappa shape index (κ2) is 14.8. The van der Waals surface area contributed by atoms with Gasteiger partial charge in [0, 0.05) is 61.2 Å². The first-order chi connectivity index (χ1) is 16.5. The van der Waals surface area contributed by atoms with Crippen LogP contribution < -0.4 is 16.0 Å². The van der Waals surface area contributed by atoms with Crippen molar-refractivity contribution in [3.8, 4) is 0 Å². The number of hydrogen-bond acceptors (Lipinski definition) is 8. The van der Waals surface area contributed by atoms with Gasteiger partial charge in [-0.25, -0.2) is 9.97 Å². The smallest absolute Gasteiger partial charge is 0.223 e. The first kappa shape index (κ1) is 29.6. The molecule has 3 N–H and O–H groups in total. The molecule has 0 aromatic carbocycles. The molecule has 8 nitrogen and oxygen atoms in total. The summed E-state index contributed by atoms with van der Waals surface area (Å²) in [6.07, 6.45) is 6.16. The Morgan fingerprint density at radius 2 is 1.57 bits per heavy atom. The van der Waals surface area contributed by atoms with Crippen molar-refractivity contribution in [2.75, 3.05) is 23.7 Å². The Hall–Kier alpha value is -1.59. The number of rotatable bonds is 5. The predicted molar refractivity (Wildman–Crippen MR) is 147 cm³/mol. The summed E-state index contributed by atoms with van der Waals surface area (Å²) in [7, 11) is 0. The van der Waals surface area contributed by atoms with Gasteiger partial charge in [-0.3, -0.25) is 14.5 Å². The van der Waals surface area contributed by atoms with Crippen LogP contribution in [0.15, 0.2) is 12.4 Å². The number of carbonyl (C=O) groups is 2. The Bertz CT molecular complexity index is 929. The molecule has 2 aromatic rings. The predicted octanol–water partition coefficient (Wildman–Crippen LogP) is 5.18. The Balaban J connectivity index is 0.000000205. The van der Waals surface area contributed by atoms with Crippen LogP contribution in [0.2, 0.25) is 0 Å². The molecule has 0 radical (unpaired) electrons. The summed E-state index contributed by atoms with van der Waals surface area (Å²) in [4.78, 5) is 34.2. The van der Waals surface area contributed by atoms with Crippen LogP contribution in [0.5, 0.6) is 0 Å².